The number of benzene rings is 1. The maximum absolute atomic E-state index is 12.7. The highest BCUT2D eigenvalue weighted by Gasteiger charge is 2.37. The zero-order valence-corrected chi connectivity index (χ0v) is 14.4. The summed E-state index contributed by atoms with van der Waals surface area (Å²) in [6.07, 6.45) is 3.25. The van der Waals surface area contributed by atoms with E-state index in [9.17, 15) is 8.42 Å². The van der Waals surface area contributed by atoms with Gasteiger partial charge < -0.3 is 9.72 Å². The van der Waals surface area contributed by atoms with Crippen molar-refractivity contribution >= 4 is 50.0 Å². The van der Waals surface area contributed by atoms with Crippen molar-refractivity contribution in [1.29, 1.82) is 0 Å². The van der Waals surface area contributed by atoms with Crippen molar-refractivity contribution in [2.45, 2.75) is 25.4 Å². The summed E-state index contributed by atoms with van der Waals surface area (Å²) >= 11 is 12.4. The number of fused-ring (bicyclic) bond motifs is 3. The number of H-pyrrole nitrogens is 1. The van der Waals surface area contributed by atoms with Crippen molar-refractivity contribution in [2.75, 3.05) is 17.9 Å². The van der Waals surface area contributed by atoms with Crippen molar-refractivity contribution in [3.8, 4) is 0 Å². The number of hydrogen-bond donors (Lipinski definition) is 2. The molecular weight excluding hydrogens is 361 g/mol. The van der Waals surface area contributed by atoms with Crippen LogP contribution in [0.1, 0.15) is 18.4 Å². The molecule has 3 heterocycles. The monoisotopic (exact) mass is 375 g/mol. The quantitative estimate of drug-likeness (QED) is 0.803. The van der Waals surface area contributed by atoms with E-state index >= 15 is 0 Å². The second-order valence-corrected chi connectivity index (χ2v) is 8.24. The molecule has 23 heavy (non-hydrogen) atoms. The van der Waals surface area contributed by atoms with Gasteiger partial charge in [-0.25, -0.2) is 0 Å². The SMILES string of the molecule is O=S1(=O)Nc2c(cc(Cl)c3c(Cl)c[nH]c23)CN1C1CCCOC1. The lowest BCUT2D eigenvalue weighted by Crippen LogP contribution is -2.48. The van der Waals surface area contributed by atoms with Gasteiger partial charge in [0.25, 0.3) is 0 Å². The predicted molar refractivity (Wildman–Crippen MR) is 90.2 cm³/mol. The molecule has 2 N–H and O–H groups in total. The molecule has 0 aliphatic carbocycles. The van der Waals surface area contributed by atoms with Gasteiger partial charge >= 0.3 is 10.2 Å². The third kappa shape index (κ3) is 2.51. The summed E-state index contributed by atoms with van der Waals surface area (Å²) in [5.41, 5.74) is 1.95. The van der Waals surface area contributed by atoms with Crippen LogP contribution in [0.3, 0.4) is 0 Å². The van der Waals surface area contributed by atoms with E-state index in [0.29, 0.717) is 39.8 Å². The zero-order chi connectivity index (χ0) is 16.2. The van der Waals surface area contributed by atoms with Gasteiger partial charge in [-0.15, -0.1) is 0 Å². The number of nitrogens with zero attached hydrogens (tertiary/aromatic N) is 1. The fourth-order valence-electron chi connectivity index (χ4n) is 3.25. The number of rotatable bonds is 1. The third-order valence-corrected chi connectivity index (χ3v) is 6.46. The Morgan fingerprint density at radius 1 is 1.30 bits per heavy atom. The molecule has 0 bridgehead atoms. The van der Waals surface area contributed by atoms with Crippen LogP contribution in [0.15, 0.2) is 12.3 Å². The van der Waals surface area contributed by atoms with Gasteiger partial charge in [0.15, 0.2) is 0 Å². The molecule has 6 nitrogen and oxygen atoms in total. The smallest absolute Gasteiger partial charge is 0.302 e. The molecular formula is C14H15Cl2N3O3S. The minimum atomic E-state index is -3.63. The van der Waals surface area contributed by atoms with E-state index in [1.807, 2.05) is 0 Å². The molecule has 0 spiro atoms. The maximum atomic E-state index is 12.7. The summed E-state index contributed by atoms with van der Waals surface area (Å²) < 4.78 is 34.9. The Morgan fingerprint density at radius 3 is 2.87 bits per heavy atom. The number of hydrogen-bond acceptors (Lipinski definition) is 3. The molecule has 2 aromatic rings. The number of aromatic nitrogens is 1. The van der Waals surface area contributed by atoms with Gasteiger partial charge in [-0.05, 0) is 24.5 Å². The van der Waals surface area contributed by atoms with Crippen LogP contribution in [0.25, 0.3) is 10.9 Å². The standard InChI is InChI=1S/C14H15Cl2N3O3S/c15-10-4-8-6-19(9-2-1-3-22-7-9)23(20,21)18-13(8)14-12(10)11(16)5-17-14/h4-5,9,17-18H,1-3,6-7H2. The van der Waals surface area contributed by atoms with Gasteiger partial charge in [-0.3, -0.25) is 4.72 Å². The average Bonchev–Trinajstić information content (AvgIpc) is 2.91. The second kappa shape index (κ2) is 5.53. The van der Waals surface area contributed by atoms with Crippen molar-refractivity contribution in [2.24, 2.45) is 0 Å². The lowest BCUT2D eigenvalue weighted by atomic mass is 10.1. The zero-order valence-electron chi connectivity index (χ0n) is 12.1. The van der Waals surface area contributed by atoms with Crippen LogP contribution < -0.4 is 4.72 Å². The summed E-state index contributed by atoms with van der Waals surface area (Å²) in [6.45, 7) is 1.37. The van der Waals surface area contributed by atoms with Crippen LogP contribution >= 0.6 is 23.2 Å². The Morgan fingerprint density at radius 2 is 2.13 bits per heavy atom. The third-order valence-electron chi connectivity index (χ3n) is 4.35. The number of aromatic amines is 1. The highest BCUT2D eigenvalue weighted by Crippen LogP contribution is 2.41. The van der Waals surface area contributed by atoms with Gasteiger partial charge in [0.05, 0.1) is 33.9 Å². The molecule has 9 heteroatoms. The molecule has 2 aliphatic heterocycles. The molecule has 1 saturated heterocycles. The topological polar surface area (TPSA) is 74.4 Å². The first kappa shape index (κ1) is 15.5. The van der Waals surface area contributed by atoms with Crippen LogP contribution in [0.2, 0.25) is 10.0 Å². The van der Waals surface area contributed by atoms with E-state index in [1.54, 1.807) is 12.3 Å². The molecule has 0 saturated carbocycles. The van der Waals surface area contributed by atoms with E-state index in [4.69, 9.17) is 27.9 Å². The van der Waals surface area contributed by atoms with Crippen LogP contribution in [0.4, 0.5) is 5.69 Å². The van der Waals surface area contributed by atoms with Crippen molar-refractivity contribution < 1.29 is 13.2 Å². The second-order valence-electron chi connectivity index (χ2n) is 5.80. The first-order valence-corrected chi connectivity index (χ1v) is 9.52. The van der Waals surface area contributed by atoms with Crippen LogP contribution in [0.5, 0.6) is 0 Å². The first-order chi connectivity index (χ1) is 11.0. The molecule has 1 aromatic heterocycles. The lowest BCUT2D eigenvalue weighted by Gasteiger charge is -2.36. The summed E-state index contributed by atoms with van der Waals surface area (Å²) in [4.78, 5) is 3.00. The van der Waals surface area contributed by atoms with E-state index in [-0.39, 0.29) is 12.6 Å². The van der Waals surface area contributed by atoms with Gasteiger partial charge in [0, 0.05) is 24.7 Å². The van der Waals surface area contributed by atoms with Crippen LogP contribution in [-0.4, -0.2) is 37.0 Å². The summed E-state index contributed by atoms with van der Waals surface area (Å²) in [5, 5.41) is 1.60. The van der Waals surface area contributed by atoms with Crippen molar-refractivity contribution in [1.82, 2.24) is 9.29 Å². The number of ether oxygens (including phenoxy) is 1. The van der Waals surface area contributed by atoms with Crippen LogP contribution in [0, 0.1) is 0 Å². The van der Waals surface area contributed by atoms with Gasteiger partial charge in [-0.2, -0.15) is 12.7 Å². The normalized spacial score (nSPS) is 24.3. The Kier molecular flexibility index (Phi) is 3.73. The fraction of sp³-hybridized carbons (Fsp3) is 0.429. The maximum Gasteiger partial charge on any atom is 0.302 e. The minimum Gasteiger partial charge on any atom is -0.380 e. The highest BCUT2D eigenvalue weighted by atomic mass is 35.5. The Balaban J connectivity index is 1.82. The summed E-state index contributed by atoms with van der Waals surface area (Å²) in [7, 11) is -3.63. The number of halogens is 2. The van der Waals surface area contributed by atoms with Crippen LogP contribution in [-0.2, 0) is 21.5 Å². The van der Waals surface area contributed by atoms with Gasteiger partial charge in [0.2, 0.25) is 0 Å². The van der Waals surface area contributed by atoms with Crippen molar-refractivity contribution in [3.05, 3.63) is 27.9 Å². The molecule has 1 fully saturated rings. The van der Waals surface area contributed by atoms with Gasteiger partial charge in [0.1, 0.15) is 0 Å². The molecule has 2 aliphatic rings. The van der Waals surface area contributed by atoms with Gasteiger partial charge in [-0.1, -0.05) is 23.2 Å². The molecule has 4 rings (SSSR count). The van der Waals surface area contributed by atoms with E-state index in [2.05, 4.69) is 9.71 Å². The number of anilines is 1. The summed E-state index contributed by atoms with van der Waals surface area (Å²) in [5.74, 6) is 0. The molecule has 1 unspecified atom stereocenters. The molecule has 0 amide bonds. The van der Waals surface area contributed by atoms with E-state index in [1.165, 1.54) is 4.31 Å². The Labute approximate surface area is 143 Å². The average molecular weight is 376 g/mol. The summed E-state index contributed by atoms with van der Waals surface area (Å²) in [6, 6.07) is 1.62. The largest absolute Gasteiger partial charge is 0.380 e. The molecule has 124 valence electrons. The Hall–Kier alpha value is -0.990. The number of nitrogens with one attached hydrogen (secondary N) is 2. The molecule has 0 radical (unpaired) electrons. The first-order valence-electron chi connectivity index (χ1n) is 7.32. The molecule has 1 aromatic carbocycles. The molecule has 1 atom stereocenters. The van der Waals surface area contributed by atoms with E-state index in [0.717, 1.165) is 18.4 Å². The minimum absolute atomic E-state index is 0.156. The Bertz CT molecular complexity index is 875. The van der Waals surface area contributed by atoms with E-state index < -0.39 is 10.2 Å². The highest BCUT2D eigenvalue weighted by molar-refractivity contribution is 7.90. The predicted octanol–water partition coefficient (Wildman–Crippen LogP) is 3.13. The lowest BCUT2D eigenvalue weighted by molar-refractivity contribution is 0.0436. The fourth-order valence-corrected chi connectivity index (χ4v) is 5.35. The van der Waals surface area contributed by atoms with Crippen molar-refractivity contribution in [3.63, 3.8) is 0 Å².